The van der Waals surface area contributed by atoms with Crippen molar-refractivity contribution in [2.24, 2.45) is 21.1 Å². The van der Waals surface area contributed by atoms with Gasteiger partial charge in [0.1, 0.15) is 0 Å². The highest BCUT2D eigenvalue weighted by atomic mass is 32.2. The molecular formula is C20H30N4S. The molecule has 0 aromatic rings. The summed E-state index contributed by atoms with van der Waals surface area (Å²) in [5.41, 5.74) is 2.87. The summed E-state index contributed by atoms with van der Waals surface area (Å²) >= 11 is 1.83. The van der Waals surface area contributed by atoms with Gasteiger partial charge in [-0.25, -0.2) is 0 Å². The highest BCUT2D eigenvalue weighted by molar-refractivity contribution is 8.14. The van der Waals surface area contributed by atoms with Crippen LogP contribution in [0, 0.1) is 5.92 Å². The SMILES string of the molecule is CCC1CN=C(CSC2=NN=CC(C)CC2)CN1CC1=CC=CCC1. The molecule has 2 aliphatic heterocycles. The van der Waals surface area contributed by atoms with Gasteiger partial charge in [0.05, 0.1) is 11.6 Å². The van der Waals surface area contributed by atoms with Gasteiger partial charge in [0.2, 0.25) is 0 Å². The van der Waals surface area contributed by atoms with Crippen LogP contribution in [0.2, 0.25) is 0 Å². The van der Waals surface area contributed by atoms with Crippen LogP contribution >= 0.6 is 11.8 Å². The lowest BCUT2D eigenvalue weighted by molar-refractivity contribution is 0.229. The Kier molecular flexibility index (Phi) is 7.05. The molecule has 3 rings (SSSR count). The molecule has 2 heterocycles. The van der Waals surface area contributed by atoms with Gasteiger partial charge in [0.15, 0.2) is 0 Å². The van der Waals surface area contributed by atoms with Gasteiger partial charge in [-0.2, -0.15) is 5.10 Å². The van der Waals surface area contributed by atoms with E-state index >= 15 is 0 Å². The third-order valence-electron chi connectivity index (χ3n) is 5.11. The van der Waals surface area contributed by atoms with Gasteiger partial charge in [-0.05, 0) is 38.0 Å². The minimum Gasteiger partial charge on any atom is -0.290 e. The molecule has 0 radical (unpaired) electrons. The van der Waals surface area contributed by atoms with E-state index in [1.54, 1.807) is 5.57 Å². The average molecular weight is 359 g/mol. The monoisotopic (exact) mass is 358 g/mol. The third kappa shape index (κ3) is 5.65. The van der Waals surface area contributed by atoms with E-state index in [4.69, 9.17) is 4.99 Å². The molecule has 136 valence electrons. The molecule has 0 bridgehead atoms. The number of rotatable bonds is 5. The van der Waals surface area contributed by atoms with Crippen LogP contribution < -0.4 is 0 Å². The summed E-state index contributed by atoms with van der Waals surface area (Å²) in [7, 11) is 0. The molecule has 0 aromatic carbocycles. The molecule has 25 heavy (non-hydrogen) atoms. The third-order valence-corrected chi connectivity index (χ3v) is 6.21. The molecule has 1 aliphatic carbocycles. The van der Waals surface area contributed by atoms with Crippen LogP contribution in [-0.2, 0) is 0 Å². The normalized spacial score (nSPS) is 27.5. The van der Waals surface area contributed by atoms with Gasteiger partial charge in [-0.3, -0.25) is 9.89 Å². The van der Waals surface area contributed by atoms with E-state index in [-0.39, 0.29) is 0 Å². The van der Waals surface area contributed by atoms with E-state index in [2.05, 4.69) is 47.2 Å². The number of thioether (sulfide) groups is 1. The topological polar surface area (TPSA) is 40.3 Å². The van der Waals surface area contributed by atoms with Gasteiger partial charge in [0, 0.05) is 36.8 Å². The van der Waals surface area contributed by atoms with Crippen LogP contribution in [0.5, 0.6) is 0 Å². The maximum Gasteiger partial charge on any atom is 0.0962 e. The fraction of sp³-hybridized carbons (Fsp3) is 0.650. The van der Waals surface area contributed by atoms with E-state index in [1.807, 2.05) is 18.0 Å². The molecule has 0 N–H and O–H groups in total. The zero-order valence-electron chi connectivity index (χ0n) is 15.5. The Morgan fingerprint density at radius 1 is 1.32 bits per heavy atom. The van der Waals surface area contributed by atoms with Gasteiger partial charge in [-0.15, -0.1) is 16.9 Å². The molecule has 2 unspecified atom stereocenters. The highest BCUT2D eigenvalue weighted by Crippen LogP contribution is 2.21. The minimum absolute atomic E-state index is 0.535. The van der Waals surface area contributed by atoms with E-state index in [9.17, 15) is 0 Å². The summed E-state index contributed by atoms with van der Waals surface area (Å²) in [4.78, 5) is 7.50. The number of aliphatic imine (C=N–C) groups is 1. The van der Waals surface area contributed by atoms with E-state index < -0.39 is 0 Å². The second-order valence-corrected chi connectivity index (χ2v) is 8.28. The van der Waals surface area contributed by atoms with Crippen molar-refractivity contribution >= 4 is 28.7 Å². The quantitative estimate of drug-likeness (QED) is 0.733. The van der Waals surface area contributed by atoms with Gasteiger partial charge in [-0.1, -0.05) is 37.6 Å². The molecule has 0 fully saturated rings. The van der Waals surface area contributed by atoms with Crippen LogP contribution in [-0.4, -0.2) is 53.3 Å². The summed E-state index contributed by atoms with van der Waals surface area (Å²) in [6, 6.07) is 0.584. The summed E-state index contributed by atoms with van der Waals surface area (Å²) in [6.07, 6.45) is 14.5. The minimum atomic E-state index is 0.535. The molecule has 0 saturated heterocycles. The summed E-state index contributed by atoms with van der Waals surface area (Å²) in [5.74, 6) is 1.49. The Morgan fingerprint density at radius 2 is 2.24 bits per heavy atom. The van der Waals surface area contributed by atoms with Crippen molar-refractivity contribution < 1.29 is 0 Å². The zero-order valence-corrected chi connectivity index (χ0v) is 16.3. The van der Waals surface area contributed by atoms with Gasteiger partial charge < -0.3 is 0 Å². The van der Waals surface area contributed by atoms with Crippen molar-refractivity contribution in [1.82, 2.24) is 4.90 Å². The fourth-order valence-electron chi connectivity index (χ4n) is 3.43. The second kappa shape index (κ2) is 9.48. The predicted octanol–water partition coefficient (Wildman–Crippen LogP) is 4.35. The first-order chi connectivity index (χ1) is 12.2. The van der Waals surface area contributed by atoms with Gasteiger partial charge >= 0.3 is 0 Å². The van der Waals surface area contributed by atoms with Gasteiger partial charge in [0.25, 0.3) is 0 Å². The maximum atomic E-state index is 4.88. The summed E-state index contributed by atoms with van der Waals surface area (Å²) in [6.45, 7) is 7.52. The summed E-state index contributed by atoms with van der Waals surface area (Å²) in [5, 5.41) is 9.72. The number of hydrogen-bond acceptors (Lipinski definition) is 5. The first-order valence-electron chi connectivity index (χ1n) is 9.58. The second-order valence-electron chi connectivity index (χ2n) is 7.23. The van der Waals surface area contributed by atoms with Crippen molar-refractivity contribution in [3.63, 3.8) is 0 Å². The Bertz CT molecular complexity index is 603. The first kappa shape index (κ1) is 18.6. The van der Waals surface area contributed by atoms with E-state index in [0.29, 0.717) is 12.0 Å². The Labute approximate surface area is 156 Å². The molecule has 4 nitrogen and oxygen atoms in total. The number of nitrogens with zero attached hydrogens (tertiary/aromatic N) is 4. The molecular weight excluding hydrogens is 328 g/mol. The van der Waals surface area contributed by atoms with E-state index in [1.165, 1.54) is 25.0 Å². The first-order valence-corrected chi connectivity index (χ1v) is 10.6. The predicted molar refractivity (Wildman–Crippen MR) is 111 cm³/mol. The molecule has 0 amide bonds. The molecule has 2 atom stereocenters. The standard InChI is InChI=1S/C20H30N4S/c1-3-19-12-21-18(14-24(19)13-17-7-5-4-6-8-17)15-25-20-10-9-16(2)11-22-23-20/h4-5,7,11,16,19H,3,6,8-10,12-15H2,1-2H3. The molecule has 3 aliphatic rings. The average Bonchev–Trinajstić information content (AvgIpc) is 2.85. The molecule has 0 saturated carbocycles. The van der Waals surface area contributed by atoms with Crippen molar-refractivity contribution in [3.05, 3.63) is 23.8 Å². The van der Waals surface area contributed by atoms with Crippen LogP contribution in [0.15, 0.2) is 39.0 Å². The maximum absolute atomic E-state index is 4.88. The smallest absolute Gasteiger partial charge is 0.0962 e. The molecule has 5 heteroatoms. The van der Waals surface area contributed by atoms with Crippen molar-refractivity contribution in [1.29, 1.82) is 0 Å². The van der Waals surface area contributed by atoms with Crippen LogP contribution in [0.3, 0.4) is 0 Å². The number of hydrogen-bond donors (Lipinski definition) is 0. The lowest BCUT2D eigenvalue weighted by atomic mass is 10.0. The Morgan fingerprint density at radius 3 is 3.04 bits per heavy atom. The largest absolute Gasteiger partial charge is 0.290 e. The summed E-state index contributed by atoms with van der Waals surface area (Å²) < 4.78 is 0. The molecule has 0 spiro atoms. The van der Waals surface area contributed by atoms with Crippen molar-refractivity contribution in [2.45, 2.75) is 52.0 Å². The highest BCUT2D eigenvalue weighted by Gasteiger charge is 2.24. The van der Waals surface area contributed by atoms with Crippen molar-refractivity contribution in [2.75, 3.05) is 25.4 Å². The molecule has 0 aromatic heterocycles. The zero-order chi connectivity index (χ0) is 17.5. The Hall–Kier alpha value is -1.20. The Balaban J connectivity index is 1.54. The lowest BCUT2D eigenvalue weighted by Gasteiger charge is -2.35. The fourth-order valence-corrected chi connectivity index (χ4v) is 4.31. The van der Waals surface area contributed by atoms with E-state index in [0.717, 1.165) is 43.3 Å². The number of allylic oxidation sites excluding steroid dienone is 3. The van der Waals surface area contributed by atoms with Crippen LogP contribution in [0.25, 0.3) is 0 Å². The van der Waals surface area contributed by atoms with Crippen molar-refractivity contribution in [3.8, 4) is 0 Å². The lowest BCUT2D eigenvalue weighted by Crippen LogP contribution is -2.46. The van der Waals surface area contributed by atoms with Crippen LogP contribution in [0.1, 0.15) is 46.0 Å². The van der Waals surface area contributed by atoms with Crippen LogP contribution in [0.4, 0.5) is 0 Å².